The Labute approximate surface area is 91.0 Å². The predicted octanol–water partition coefficient (Wildman–Crippen LogP) is 3.60. The van der Waals surface area contributed by atoms with Crippen LogP contribution >= 0.6 is 27.5 Å². The molecule has 0 bridgehead atoms. The van der Waals surface area contributed by atoms with Crippen molar-refractivity contribution in [3.63, 3.8) is 0 Å². The highest BCUT2D eigenvalue weighted by Gasteiger charge is 2.39. The lowest BCUT2D eigenvalue weighted by Gasteiger charge is -2.08. The average Bonchev–Trinajstić information content (AvgIpc) is 2.01. The summed E-state index contributed by atoms with van der Waals surface area (Å²) in [6.07, 6.45) is 0. The molecule has 14 heavy (non-hydrogen) atoms. The summed E-state index contributed by atoms with van der Waals surface area (Å²) in [5.74, 6) is -2.80. The van der Waals surface area contributed by atoms with Gasteiger partial charge in [0.05, 0.1) is 5.56 Å². The molecule has 1 nitrogen and oxygen atoms in total. The van der Waals surface area contributed by atoms with Gasteiger partial charge in [-0.3, -0.25) is 4.79 Å². The highest BCUT2D eigenvalue weighted by molar-refractivity contribution is 9.10. The number of rotatable bonds is 2. The Kier molecular flexibility index (Phi) is 3.21. The van der Waals surface area contributed by atoms with Gasteiger partial charge in [-0.25, -0.2) is 4.39 Å². The number of halogens is 5. The monoisotopic (exact) mass is 286 g/mol. The van der Waals surface area contributed by atoms with E-state index in [1.807, 2.05) is 0 Å². The first-order valence-corrected chi connectivity index (χ1v) is 4.56. The summed E-state index contributed by atoms with van der Waals surface area (Å²) in [5, 5.41) is -4.09. The van der Waals surface area contributed by atoms with E-state index in [2.05, 4.69) is 27.5 Å². The van der Waals surface area contributed by atoms with E-state index in [0.717, 1.165) is 6.07 Å². The lowest BCUT2D eigenvalue weighted by atomic mass is 10.1. The van der Waals surface area contributed by atoms with Crippen LogP contribution in [0.4, 0.5) is 13.2 Å². The normalized spacial score (nSPS) is 11.5. The van der Waals surface area contributed by atoms with E-state index in [1.54, 1.807) is 0 Å². The zero-order chi connectivity index (χ0) is 10.9. The number of ketones is 1. The molecule has 1 aromatic rings. The van der Waals surface area contributed by atoms with Gasteiger partial charge in [-0.15, -0.1) is 0 Å². The highest BCUT2D eigenvalue weighted by atomic mass is 79.9. The lowest BCUT2D eigenvalue weighted by Crippen LogP contribution is -2.23. The van der Waals surface area contributed by atoms with Gasteiger partial charge in [0.25, 0.3) is 5.78 Å². The van der Waals surface area contributed by atoms with Crippen LogP contribution in [0, 0.1) is 5.82 Å². The van der Waals surface area contributed by atoms with Gasteiger partial charge in [-0.2, -0.15) is 8.78 Å². The Bertz CT molecular complexity index is 355. The Morgan fingerprint density at radius 3 is 2.43 bits per heavy atom. The third-order valence-corrected chi connectivity index (χ3v) is 2.28. The van der Waals surface area contributed by atoms with Crippen molar-refractivity contribution < 1.29 is 18.0 Å². The molecule has 0 aliphatic rings. The molecule has 0 aliphatic heterocycles. The van der Waals surface area contributed by atoms with Gasteiger partial charge < -0.3 is 0 Å². The summed E-state index contributed by atoms with van der Waals surface area (Å²) in [5.41, 5.74) is -0.743. The van der Waals surface area contributed by atoms with Crippen molar-refractivity contribution in [2.75, 3.05) is 0 Å². The minimum absolute atomic E-state index is 0.0529. The number of Topliss-reactive ketones (excluding diaryl/α,β-unsaturated/α-hetero) is 1. The first-order chi connectivity index (χ1) is 6.34. The molecular weight excluding hydrogens is 284 g/mol. The Morgan fingerprint density at radius 2 is 2.00 bits per heavy atom. The maximum absolute atomic E-state index is 13.0. The van der Waals surface area contributed by atoms with Crippen LogP contribution < -0.4 is 0 Å². The standard InChI is InChI=1S/C8H3BrClF3O/c9-4-2-1-3-5(11)6(4)7(14)8(10,12)13/h1-3H. The number of benzene rings is 1. The first-order valence-electron chi connectivity index (χ1n) is 3.39. The van der Waals surface area contributed by atoms with Crippen molar-refractivity contribution in [3.05, 3.63) is 34.1 Å². The fourth-order valence-corrected chi connectivity index (χ4v) is 1.47. The van der Waals surface area contributed by atoms with Crippen molar-refractivity contribution in [2.45, 2.75) is 5.38 Å². The Balaban J connectivity index is 3.26. The predicted molar refractivity (Wildman–Crippen MR) is 49.2 cm³/mol. The van der Waals surface area contributed by atoms with Gasteiger partial charge in [-0.1, -0.05) is 6.07 Å². The minimum atomic E-state index is -4.09. The summed E-state index contributed by atoms with van der Waals surface area (Å²) in [6.45, 7) is 0. The third-order valence-electron chi connectivity index (χ3n) is 1.45. The number of carbonyl (C=O) groups is 1. The molecule has 76 valence electrons. The molecule has 0 heterocycles. The number of alkyl halides is 3. The summed E-state index contributed by atoms with van der Waals surface area (Å²) in [4.78, 5) is 11.0. The topological polar surface area (TPSA) is 17.1 Å². The molecular formula is C8H3BrClF3O. The SMILES string of the molecule is O=C(c1c(F)cccc1Br)C(F)(F)Cl. The van der Waals surface area contributed by atoms with Crippen molar-refractivity contribution >= 4 is 33.3 Å². The quantitative estimate of drug-likeness (QED) is 0.600. The van der Waals surface area contributed by atoms with Gasteiger partial charge in [0.2, 0.25) is 0 Å². The molecule has 0 spiro atoms. The zero-order valence-corrected chi connectivity index (χ0v) is 8.87. The zero-order valence-electron chi connectivity index (χ0n) is 6.53. The van der Waals surface area contributed by atoms with E-state index in [1.165, 1.54) is 12.1 Å². The number of hydrogen-bond acceptors (Lipinski definition) is 1. The first kappa shape index (κ1) is 11.5. The van der Waals surface area contributed by atoms with Crippen LogP contribution in [0.1, 0.15) is 10.4 Å². The van der Waals surface area contributed by atoms with Crippen molar-refractivity contribution in [1.82, 2.24) is 0 Å². The molecule has 0 unspecified atom stereocenters. The minimum Gasteiger partial charge on any atom is -0.286 e. The molecule has 0 aromatic heterocycles. The van der Waals surface area contributed by atoms with Crippen LogP contribution in [0.15, 0.2) is 22.7 Å². The third kappa shape index (κ3) is 2.27. The average molecular weight is 287 g/mol. The van der Waals surface area contributed by atoms with Crippen LogP contribution in [0.2, 0.25) is 0 Å². The van der Waals surface area contributed by atoms with Crippen LogP contribution in [-0.4, -0.2) is 11.2 Å². The molecule has 0 aliphatic carbocycles. The van der Waals surface area contributed by atoms with Gasteiger partial charge in [0.15, 0.2) is 0 Å². The second kappa shape index (κ2) is 3.90. The molecule has 6 heteroatoms. The lowest BCUT2D eigenvalue weighted by molar-refractivity contribution is 0.0530. The summed E-state index contributed by atoms with van der Waals surface area (Å²) >= 11 is 7.28. The highest BCUT2D eigenvalue weighted by Crippen LogP contribution is 2.29. The summed E-state index contributed by atoms with van der Waals surface area (Å²) in [7, 11) is 0. The molecule has 1 aromatic carbocycles. The molecule has 0 saturated heterocycles. The van der Waals surface area contributed by atoms with E-state index in [-0.39, 0.29) is 4.47 Å². The number of hydrogen-bond donors (Lipinski definition) is 0. The summed E-state index contributed by atoms with van der Waals surface area (Å²) < 4.78 is 37.7. The molecule has 0 N–H and O–H groups in total. The maximum Gasteiger partial charge on any atom is 0.385 e. The van der Waals surface area contributed by atoms with Crippen molar-refractivity contribution in [2.24, 2.45) is 0 Å². The fourth-order valence-electron chi connectivity index (χ4n) is 0.856. The van der Waals surface area contributed by atoms with Gasteiger partial charge in [0, 0.05) is 4.47 Å². The Hall–Kier alpha value is -0.550. The smallest absolute Gasteiger partial charge is 0.286 e. The van der Waals surface area contributed by atoms with E-state index < -0.39 is 22.5 Å². The molecule has 0 fully saturated rings. The Morgan fingerprint density at radius 1 is 1.43 bits per heavy atom. The second-order valence-electron chi connectivity index (χ2n) is 2.42. The largest absolute Gasteiger partial charge is 0.385 e. The van der Waals surface area contributed by atoms with E-state index in [4.69, 9.17) is 0 Å². The van der Waals surface area contributed by atoms with Crippen molar-refractivity contribution in [3.8, 4) is 0 Å². The van der Waals surface area contributed by atoms with Gasteiger partial charge in [-0.05, 0) is 39.7 Å². The second-order valence-corrected chi connectivity index (χ2v) is 3.75. The molecule has 0 atom stereocenters. The van der Waals surface area contributed by atoms with E-state index >= 15 is 0 Å². The molecule has 0 amide bonds. The van der Waals surface area contributed by atoms with Crippen LogP contribution in [0.3, 0.4) is 0 Å². The maximum atomic E-state index is 13.0. The van der Waals surface area contributed by atoms with Crippen LogP contribution in [0.25, 0.3) is 0 Å². The van der Waals surface area contributed by atoms with Gasteiger partial charge >= 0.3 is 5.38 Å². The van der Waals surface area contributed by atoms with Crippen LogP contribution in [0.5, 0.6) is 0 Å². The molecule has 0 radical (unpaired) electrons. The fraction of sp³-hybridized carbons (Fsp3) is 0.125. The van der Waals surface area contributed by atoms with Gasteiger partial charge in [0.1, 0.15) is 5.82 Å². The summed E-state index contributed by atoms with van der Waals surface area (Å²) in [6, 6.07) is 3.46. The van der Waals surface area contributed by atoms with Crippen molar-refractivity contribution in [1.29, 1.82) is 0 Å². The van der Waals surface area contributed by atoms with E-state index in [0.29, 0.717) is 0 Å². The van der Waals surface area contributed by atoms with Crippen LogP contribution in [-0.2, 0) is 0 Å². The number of carbonyl (C=O) groups excluding carboxylic acids is 1. The molecule has 0 saturated carbocycles. The van der Waals surface area contributed by atoms with E-state index in [9.17, 15) is 18.0 Å². The molecule has 1 rings (SSSR count).